The summed E-state index contributed by atoms with van der Waals surface area (Å²) in [4.78, 5) is 39.5. The summed E-state index contributed by atoms with van der Waals surface area (Å²) in [5.41, 5.74) is 2.30. The second kappa shape index (κ2) is 9.99. The average molecular weight is 447 g/mol. The summed E-state index contributed by atoms with van der Waals surface area (Å²) < 4.78 is 5.23. The molecule has 2 amide bonds. The Morgan fingerprint density at radius 1 is 1.00 bits per heavy atom. The van der Waals surface area contributed by atoms with Crippen molar-refractivity contribution in [3.05, 3.63) is 70.3 Å². The molecule has 33 heavy (non-hydrogen) atoms. The summed E-state index contributed by atoms with van der Waals surface area (Å²) in [6, 6.07) is 12.8. The van der Waals surface area contributed by atoms with Gasteiger partial charge < -0.3 is 20.4 Å². The Hall–Kier alpha value is -4.14. The lowest BCUT2D eigenvalue weighted by atomic mass is 10.1. The fraction of sp³-hybridized carbons (Fsp3) is 0.250. The number of fused-ring (bicyclic) bond motifs is 2. The number of hydrogen-bond acceptors (Lipinski definition) is 5. The van der Waals surface area contributed by atoms with Crippen molar-refractivity contribution in [3.8, 4) is 5.75 Å². The summed E-state index contributed by atoms with van der Waals surface area (Å²) in [6.07, 6.45) is 2.82. The van der Waals surface area contributed by atoms with Crippen molar-refractivity contribution in [2.45, 2.75) is 19.3 Å². The van der Waals surface area contributed by atoms with Gasteiger partial charge in [-0.25, -0.2) is 5.10 Å². The molecule has 2 aromatic heterocycles. The van der Waals surface area contributed by atoms with E-state index in [4.69, 9.17) is 4.74 Å². The fourth-order valence-electron chi connectivity index (χ4n) is 3.76. The van der Waals surface area contributed by atoms with Crippen LogP contribution in [0.3, 0.4) is 0 Å². The number of methoxy groups -OCH3 is 1. The maximum Gasteiger partial charge on any atom is 0.272 e. The first-order valence-electron chi connectivity index (χ1n) is 10.7. The molecule has 2 heterocycles. The standard InChI is InChI=1S/C24H25N5O4/c1-33-16-6-7-17-15(14-27-20(17)12-16)8-10-25-22(30)9-11-26-23(31)13-21-18-4-2-3-5-19(18)24(32)29-28-21/h2-7,12,14,27H,8-11,13H2,1H3,(H,25,30)(H,26,31)(H,29,32). The van der Waals surface area contributed by atoms with E-state index >= 15 is 0 Å². The number of carbonyl (C=O) groups is 2. The lowest BCUT2D eigenvalue weighted by molar-refractivity contribution is -0.122. The van der Waals surface area contributed by atoms with E-state index in [0.29, 0.717) is 29.4 Å². The zero-order valence-electron chi connectivity index (χ0n) is 18.2. The number of rotatable bonds is 9. The maximum absolute atomic E-state index is 12.3. The molecule has 0 saturated carbocycles. The molecule has 0 aliphatic heterocycles. The summed E-state index contributed by atoms with van der Waals surface area (Å²) in [5, 5.41) is 14.3. The summed E-state index contributed by atoms with van der Waals surface area (Å²) in [7, 11) is 1.63. The first kappa shape index (κ1) is 22.1. The van der Waals surface area contributed by atoms with Gasteiger partial charge in [0.1, 0.15) is 5.75 Å². The first-order chi connectivity index (χ1) is 16.0. The minimum Gasteiger partial charge on any atom is -0.497 e. The van der Waals surface area contributed by atoms with Gasteiger partial charge in [0.2, 0.25) is 11.8 Å². The van der Waals surface area contributed by atoms with Crippen molar-refractivity contribution in [1.82, 2.24) is 25.8 Å². The topological polar surface area (TPSA) is 129 Å². The molecule has 0 spiro atoms. The van der Waals surface area contributed by atoms with E-state index in [9.17, 15) is 14.4 Å². The van der Waals surface area contributed by atoms with Crippen LogP contribution >= 0.6 is 0 Å². The predicted molar refractivity (Wildman–Crippen MR) is 125 cm³/mol. The highest BCUT2D eigenvalue weighted by Crippen LogP contribution is 2.23. The molecule has 0 bridgehead atoms. The van der Waals surface area contributed by atoms with E-state index in [1.165, 1.54) is 0 Å². The van der Waals surface area contributed by atoms with E-state index in [2.05, 4.69) is 25.8 Å². The molecular weight excluding hydrogens is 422 g/mol. The lowest BCUT2D eigenvalue weighted by Gasteiger charge is -2.08. The van der Waals surface area contributed by atoms with Crippen molar-refractivity contribution in [2.24, 2.45) is 0 Å². The number of H-pyrrole nitrogens is 2. The molecule has 0 atom stereocenters. The monoisotopic (exact) mass is 447 g/mol. The number of aromatic amines is 2. The van der Waals surface area contributed by atoms with Gasteiger partial charge in [-0.3, -0.25) is 14.4 Å². The van der Waals surface area contributed by atoms with Crippen LogP contribution in [0.1, 0.15) is 17.7 Å². The fourth-order valence-corrected chi connectivity index (χ4v) is 3.76. The number of amides is 2. The minimum absolute atomic E-state index is 0.0181. The molecular formula is C24H25N5O4. The molecule has 0 aliphatic rings. The predicted octanol–water partition coefficient (Wildman–Crippen LogP) is 1.82. The molecule has 0 fully saturated rings. The Labute approximate surface area is 189 Å². The third kappa shape index (κ3) is 5.20. The van der Waals surface area contributed by atoms with Crippen molar-refractivity contribution in [3.63, 3.8) is 0 Å². The van der Waals surface area contributed by atoms with Crippen molar-refractivity contribution in [1.29, 1.82) is 0 Å². The third-order valence-electron chi connectivity index (χ3n) is 5.47. The average Bonchev–Trinajstić information content (AvgIpc) is 3.23. The van der Waals surface area contributed by atoms with Gasteiger partial charge in [0, 0.05) is 48.1 Å². The number of carbonyl (C=O) groups excluding carboxylic acids is 2. The van der Waals surface area contributed by atoms with E-state index in [1.807, 2.05) is 24.4 Å². The van der Waals surface area contributed by atoms with Gasteiger partial charge in [-0.15, -0.1) is 0 Å². The van der Waals surface area contributed by atoms with Crippen LogP contribution in [0.4, 0.5) is 0 Å². The van der Waals surface area contributed by atoms with Gasteiger partial charge in [-0.1, -0.05) is 18.2 Å². The highest BCUT2D eigenvalue weighted by atomic mass is 16.5. The normalized spacial score (nSPS) is 10.9. The first-order valence-corrected chi connectivity index (χ1v) is 10.7. The highest BCUT2D eigenvalue weighted by molar-refractivity contribution is 5.88. The van der Waals surface area contributed by atoms with Gasteiger partial charge in [0.05, 0.1) is 24.6 Å². The van der Waals surface area contributed by atoms with Crippen molar-refractivity contribution >= 4 is 33.5 Å². The SMILES string of the molecule is COc1ccc2c(CCNC(=O)CCNC(=O)Cc3n[nH]c(=O)c4ccccc34)c[nH]c2c1. The van der Waals surface area contributed by atoms with Crippen molar-refractivity contribution < 1.29 is 14.3 Å². The Bertz CT molecular complexity index is 1360. The summed E-state index contributed by atoms with van der Waals surface area (Å²) in [6.45, 7) is 0.720. The summed E-state index contributed by atoms with van der Waals surface area (Å²) >= 11 is 0. The maximum atomic E-state index is 12.3. The number of ether oxygens (including phenoxy) is 1. The number of aromatic nitrogens is 3. The number of hydrogen-bond donors (Lipinski definition) is 4. The van der Waals surface area contributed by atoms with Gasteiger partial charge in [0.25, 0.3) is 5.56 Å². The molecule has 0 unspecified atom stereocenters. The minimum atomic E-state index is -0.293. The third-order valence-corrected chi connectivity index (χ3v) is 5.47. The highest BCUT2D eigenvalue weighted by Gasteiger charge is 2.11. The van der Waals surface area contributed by atoms with Crippen LogP contribution in [0.15, 0.2) is 53.5 Å². The van der Waals surface area contributed by atoms with Crippen molar-refractivity contribution in [2.75, 3.05) is 20.2 Å². The van der Waals surface area contributed by atoms with E-state index in [-0.39, 0.29) is 36.8 Å². The molecule has 9 nitrogen and oxygen atoms in total. The molecule has 0 aliphatic carbocycles. The molecule has 9 heteroatoms. The van der Waals surface area contributed by atoms with Gasteiger partial charge in [-0.2, -0.15) is 5.10 Å². The number of nitrogens with zero attached hydrogens (tertiary/aromatic N) is 1. The Kier molecular flexibility index (Phi) is 6.68. The van der Waals surface area contributed by atoms with E-state index in [0.717, 1.165) is 22.2 Å². The van der Waals surface area contributed by atoms with Crippen LogP contribution in [-0.2, 0) is 22.4 Å². The van der Waals surface area contributed by atoms with Crippen LogP contribution in [-0.4, -0.2) is 47.2 Å². The second-order valence-electron chi connectivity index (χ2n) is 7.65. The second-order valence-corrected chi connectivity index (χ2v) is 7.65. The zero-order chi connectivity index (χ0) is 23.2. The molecule has 0 radical (unpaired) electrons. The lowest BCUT2D eigenvalue weighted by Crippen LogP contribution is -2.32. The molecule has 2 aromatic carbocycles. The van der Waals surface area contributed by atoms with Crippen LogP contribution in [0, 0.1) is 0 Å². The molecule has 0 saturated heterocycles. The largest absolute Gasteiger partial charge is 0.497 e. The number of benzene rings is 2. The van der Waals surface area contributed by atoms with Crippen LogP contribution < -0.4 is 20.9 Å². The Morgan fingerprint density at radius 2 is 1.79 bits per heavy atom. The van der Waals surface area contributed by atoms with Gasteiger partial charge >= 0.3 is 0 Å². The quantitative estimate of drug-likeness (QED) is 0.311. The van der Waals surface area contributed by atoms with E-state index < -0.39 is 0 Å². The Balaban J connectivity index is 1.21. The van der Waals surface area contributed by atoms with Crippen LogP contribution in [0.5, 0.6) is 5.75 Å². The zero-order valence-corrected chi connectivity index (χ0v) is 18.2. The van der Waals surface area contributed by atoms with E-state index in [1.54, 1.807) is 31.4 Å². The molecule has 4 aromatic rings. The van der Waals surface area contributed by atoms with Gasteiger partial charge in [0.15, 0.2) is 0 Å². The molecule has 4 rings (SSSR count). The Morgan fingerprint density at radius 3 is 2.61 bits per heavy atom. The number of nitrogens with one attached hydrogen (secondary N) is 4. The molecule has 4 N–H and O–H groups in total. The van der Waals surface area contributed by atoms with Crippen LogP contribution in [0.25, 0.3) is 21.7 Å². The smallest absolute Gasteiger partial charge is 0.272 e. The van der Waals surface area contributed by atoms with Crippen LogP contribution in [0.2, 0.25) is 0 Å². The molecule has 170 valence electrons. The summed E-state index contributed by atoms with van der Waals surface area (Å²) in [5.74, 6) is 0.391. The van der Waals surface area contributed by atoms with Gasteiger partial charge in [-0.05, 0) is 30.2 Å².